The molecule has 6 heteroatoms. The minimum atomic E-state index is -0.445. The van der Waals surface area contributed by atoms with Gasteiger partial charge in [-0.15, -0.1) is 12.4 Å². The first-order valence-electron chi connectivity index (χ1n) is 9.25. The van der Waals surface area contributed by atoms with E-state index in [0.717, 1.165) is 37.2 Å². The Balaban J connectivity index is 0.00000157. The zero-order valence-electron chi connectivity index (χ0n) is 14.3. The smallest absolute Gasteiger partial charge is 0.322 e. The van der Waals surface area contributed by atoms with Crippen molar-refractivity contribution in [3.8, 4) is 0 Å². The predicted octanol–water partition coefficient (Wildman–Crippen LogP) is 2.99. The van der Waals surface area contributed by atoms with Crippen LogP contribution < -0.4 is 15.5 Å². The van der Waals surface area contributed by atoms with Crippen molar-refractivity contribution in [2.75, 3.05) is 23.3 Å². The number of carbonyl (C=O) groups excluding carboxylic acids is 1. The molecule has 1 aromatic carbocycles. The van der Waals surface area contributed by atoms with Crippen molar-refractivity contribution in [2.24, 2.45) is 17.8 Å². The van der Waals surface area contributed by atoms with Crippen LogP contribution in [0.5, 0.6) is 0 Å². The fourth-order valence-electron chi connectivity index (χ4n) is 5.93. The molecule has 4 aliphatic carbocycles. The Bertz CT molecular complexity index is 666. The highest BCUT2D eigenvalue weighted by atomic mass is 35.5. The zero-order valence-corrected chi connectivity index (χ0v) is 15.1. The Morgan fingerprint density at radius 1 is 1.20 bits per heavy atom. The van der Waals surface area contributed by atoms with Crippen molar-refractivity contribution in [3.05, 3.63) is 24.3 Å². The van der Waals surface area contributed by atoms with Gasteiger partial charge in [-0.3, -0.25) is 4.90 Å². The molecule has 6 rings (SSSR count). The number of rotatable bonds is 1. The highest BCUT2D eigenvalue weighted by molar-refractivity contribution is 5.96. The lowest BCUT2D eigenvalue weighted by Gasteiger charge is -2.58. The fourth-order valence-corrected chi connectivity index (χ4v) is 5.93. The van der Waals surface area contributed by atoms with E-state index in [0.29, 0.717) is 24.3 Å². The van der Waals surface area contributed by atoms with Crippen molar-refractivity contribution in [1.29, 1.82) is 0 Å². The lowest BCUT2D eigenvalue weighted by molar-refractivity contribution is -0.136. The van der Waals surface area contributed by atoms with Crippen LogP contribution in [-0.4, -0.2) is 35.9 Å². The second-order valence-electron chi connectivity index (χ2n) is 8.27. The van der Waals surface area contributed by atoms with E-state index in [4.69, 9.17) is 0 Å². The minimum Gasteiger partial charge on any atom is -0.390 e. The first-order chi connectivity index (χ1) is 11.6. The number of halogens is 1. The van der Waals surface area contributed by atoms with Crippen molar-refractivity contribution >= 4 is 29.8 Å². The van der Waals surface area contributed by atoms with Gasteiger partial charge in [-0.2, -0.15) is 0 Å². The van der Waals surface area contributed by atoms with E-state index in [2.05, 4.69) is 10.6 Å². The minimum absolute atomic E-state index is 0. The van der Waals surface area contributed by atoms with Crippen LogP contribution in [0.3, 0.4) is 0 Å². The molecule has 4 bridgehead atoms. The first-order valence-corrected chi connectivity index (χ1v) is 9.25. The molecule has 5 aliphatic rings. The maximum atomic E-state index is 13.0. The number of amides is 2. The van der Waals surface area contributed by atoms with Gasteiger partial charge in [-0.25, -0.2) is 4.79 Å². The molecule has 2 atom stereocenters. The summed E-state index contributed by atoms with van der Waals surface area (Å²) in [7, 11) is 0. The molecule has 2 amide bonds. The van der Waals surface area contributed by atoms with Crippen molar-refractivity contribution < 1.29 is 9.90 Å². The fraction of sp³-hybridized carbons (Fsp3) is 0.632. The van der Waals surface area contributed by atoms with Gasteiger partial charge in [0.25, 0.3) is 0 Å². The van der Waals surface area contributed by atoms with Crippen LogP contribution in [0.25, 0.3) is 0 Å². The summed E-state index contributed by atoms with van der Waals surface area (Å²) in [6.45, 7) is 1.47. The highest BCUT2D eigenvalue weighted by Crippen LogP contribution is 2.55. The molecule has 1 aliphatic heterocycles. The number of urea groups is 1. The number of nitrogens with one attached hydrogen (secondary N) is 2. The summed E-state index contributed by atoms with van der Waals surface area (Å²) >= 11 is 0. The molecule has 25 heavy (non-hydrogen) atoms. The topological polar surface area (TPSA) is 64.6 Å². The maximum absolute atomic E-state index is 13.0. The number of anilines is 2. The third kappa shape index (κ3) is 2.77. The van der Waals surface area contributed by atoms with Gasteiger partial charge in [0, 0.05) is 19.1 Å². The van der Waals surface area contributed by atoms with Crippen molar-refractivity contribution in [2.45, 2.75) is 43.7 Å². The van der Waals surface area contributed by atoms with Crippen LogP contribution in [0, 0.1) is 17.8 Å². The Hall–Kier alpha value is -1.46. The number of fused-ring (bicyclic) bond motifs is 1. The highest BCUT2D eigenvalue weighted by Gasteiger charge is 2.55. The van der Waals surface area contributed by atoms with Crippen LogP contribution in [0.1, 0.15) is 32.1 Å². The average Bonchev–Trinajstić information content (AvgIpc) is 2.56. The van der Waals surface area contributed by atoms with Gasteiger partial charge in [-0.05, 0) is 62.0 Å². The number of para-hydroxylation sites is 2. The summed E-state index contributed by atoms with van der Waals surface area (Å²) in [6.07, 6.45) is 5.04. The normalized spacial score (nSPS) is 37.7. The van der Waals surface area contributed by atoms with Crippen LogP contribution >= 0.6 is 12.4 Å². The van der Waals surface area contributed by atoms with Crippen LogP contribution in [0.4, 0.5) is 16.2 Å². The Morgan fingerprint density at radius 3 is 2.64 bits per heavy atom. The van der Waals surface area contributed by atoms with Gasteiger partial charge in [0.1, 0.15) is 0 Å². The molecule has 0 saturated heterocycles. The molecule has 136 valence electrons. The van der Waals surface area contributed by atoms with Crippen LogP contribution in [-0.2, 0) is 0 Å². The van der Waals surface area contributed by atoms with E-state index in [9.17, 15) is 9.90 Å². The number of hydrogen-bond acceptors (Lipinski definition) is 3. The van der Waals surface area contributed by atoms with E-state index < -0.39 is 5.60 Å². The summed E-state index contributed by atoms with van der Waals surface area (Å²) < 4.78 is 0. The molecule has 1 heterocycles. The average molecular weight is 364 g/mol. The summed E-state index contributed by atoms with van der Waals surface area (Å²) in [5, 5.41) is 17.4. The molecule has 4 saturated carbocycles. The van der Waals surface area contributed by atoms with Crippen LogP contribution in [0.2, 0.25) is 0 Å². The van der Waals surface area contributed by atoms with E-state index in [1.807, 2.05) is 29.2 Å². The molecule has 2 unspecified atom stereocenters. The van der Waals surface area contributed by atoms with Gasteiger partial charge in [-0.1, -0.05) is 12.1 Å². The van der Waals surface area contributed by atoms with Gasteiger partial charge >= 0.3 is 6.03 Å². The number of hydrogen-bond donors (Lipinski definition) is 3. The molecule has 4 fully saturated rings. The number of benzene rings is 1. The number of carbonyl (C=O) groups is 1. The third-order valence-corrected chi connectivity index (χ3v) is 6.62. The SMILES string of the molecule is Cl.O=C(NC1C2CC3CC1CC(O)(C3)C2)N1CCNc2ccccc21. The van der Waals surface area contributed by atoms with Crippen molar-refractivity contribution in [3.63, 3.8) is 0 Å². The summed E-state index contributed by atoms with van der Waals surface area (Å²) in [5.41, 5.74) is 1.54. The molecular weight excluding hydrogens is 338 g/mol. The Morgan fingerprint density at radius 2 is 1.92 bits per heavy atom. The van der Waals surface area contributed by atoms with Gasteiger partial charge < -0.3 is 15.7 Å². The molecule has 0 radical (unpaired) electrons. The van der Waals surface area contributed by atoms with Gasteiger partial charge in [0.15, 0.2) is 0 Å². The van der Waals surface area contributed by atoms with Gasteiger partial charge in [0.2, 0.25) is 0 Å². The second-order valence-corrected chi connectivity index (χ2v) is 8.27. The van der Waals surface area contributed by atoms with E-state index >= 15 is 0 Å². The summed E-state index contributed by atoms with van der Waals surface area (Å²) in [4.78, 5) is 14.8. The molecule has 0 aromatic heterocycles. The Kier molecular flexibility index (Phi) is 4.12. The molecule has 1 aromatic rings. The maximum Gasteiger partial charge on any atom is 0.322 e. The molecular formula is C19H26ClN3O2. The summed E-state index contributed by atoms with van der Waals surface area (Å²) in [6, 6.07) is 8.24. The Labute approximate surface area is 154 Å². The standard InChI is InChI=1S/C19H25N3O2.ClH/c23-18(22-6-5-20-15-3-1-2-4-16(15)22)21-17-13-7-12-8-14(17)11-19(24,9-12)10-13;/h1-4,12-14,17,20,24H,5-11H2,(H,21,23);1H. The molecule has 5 nitrogen and oxygen atoms in total. The zero-order chi connectivity index (χ0) is 16.3. The first kappa shape index (κ1) is 17.0. The lowest BCUT2D eigenvalue weighted by atomic mass is 9.52. The van der Waals surface area contributed by atoms with E-state index in [1.165, 1.54) is 12.8 Å². The van der Waals surface area contributed by atoms with E-state index in [1.54, 1.807) is 0 Å². The lowest BCUT2D eigenvalue weighted by Crippen LogP contribution is -2.63. The molecule has 0 spiro atoms. The number of aliphatic hydroxyl groups is 1. The third-order valence-electron chi connectivity index (χ3n) is 6.62. The van der Waals surface area contributed by atoms with Crippen LogP contribution in [0.15, 0.2) is 24.3 Å². The van der Waals surface area contributed by atoms with Gasteiger partial charge in [0.05, 0.1) is 17.0 Å². The summed E-state index contributed by atoms with van der Waals surface area (Å²) in [5.74, 6) is 1.56. The predicted molar refractivity (Wildman–Crippen MR) is 100 cm³/mol. The monoisotopic (exact) mass is 363 g/mol. The number of nitrogens with zero attached hydrogens (tertiary/aromatic N) is 1. The quantitative estimate of drug-likeness (QED) is 0.718. The van der Waals surface area contributed by atoms with Crippen molar-refractivity contribution in [1.82, 2.24) is 5.32 Å². The molecule has 3 N–H and O–H groups in total. The largest absolute Gasteiger partial charge is 0.390 e. The van der Waals surface area contributed by atoms with E-state index in [-0.39, 0.29) is 24.5 Å². The second kappa shape index (κ2) is 6.06.